The van der Waals surface area contributed by atoms with Gasteiger partial charge in [0, 0.05) is 41.7 Å². The lowest BCUT2D eigenvalue weighted by atomic mass is 9.93. The van der Waals surface area contributed by atoms with Crippen molar-refractivity contribution in [3.05, 3.63) is 41.0 Å². The molecule has 0 aromatic heterocycles. The summed E-state index contributed by atoms with van der Waals surface area (Å²) in [7, 11) is 0. The molecule has 0 spiro atoms. The number of primary amides is 1. The van der Waals surface area contributed by atoms with Crippen LogP contribution in [0.5, 0.6) is 0 Å². The summed E-state index contributed by atoms with van der Waals surface area (Å²) in [4.78, 5) is 38.8. The van der Waals surface area contributed by atoms with Crippen LogP contribution in [0.15, 0.2) is 24.3 Å². The summed E-state index contributed by atoms with van der Waals surface area (Å²) < 4.78 is 10.9. The van der Waals surface area contributed by atoms with E-state index in [-0.39, 0.29) is 34.2 Å². The maximum absolute atomic E-state index is 13.1. The average Bonchev–Trinajstić information content (AvgIpc) is 3.42. The SMILES string of the molecule is NC(=O)OC1CCc2ccc(C3=CCN(C(=O)CC4C(=O)CSC4C4COCCS4)CC3)cc21. The van der Waals surface area contributed by atoms with Gasteiger partial charge in [0.2, 0.25) is 5.91 Å². The zero-order valence-corrected chi connectivity index (χ0v) is 20.7. The van der Waals surface area contributed by atoms with Gasteiger partial charge in [0.25, 0.3) is 0 Å². The highest BCUT2D eigenvalue weighted by Gasteiger charge is 2.42. The molecule has 3 heterocycles. The minimum atomic E-state index is -0.745. The summed E-state index contributed by atoms with van der Waals surface area (Å²) >= 11 is 3.56. The molecule has 5 rings (SSSR count). The number of thioether (sulfide) groups is 2. The molecule has 182 valence electrons. The number of benzene rings is 1. The van der Waals surface area contributed by atoms with Crippen LogP contribution in [-0.2, 0) is 25.5 Å². The molecule has 2 fully saturated rings. The summed E-state index contributed by atoms with van der Waals surface area (Å²) in [6.07, 6.45) is 3.77. The lowest BCUT2D eigenvalue weighted by molar-refractivity contribution is -0.134. The van der Waals surface area contributed by atoms with Gasteiger partial charge in [-0.25, -0.2) is 4.79 Å². The van der Waals surface area contributed by atoms with Crippen LogP contribution in [0.2, 0.25) is 0 Å². The van der Waals surface area contributed by atoms with E-state index in [2.05, 4.69) is 24.3 Å². The van der Waals surface area contributed by atoms with E-state index < -0.39 is 6.09 Å². The lowest BCUT2D eigenvalue weighted by Gasteiger charge is -2.31. The topological polar surface area (TPSA) is 98.9 Å². The first-order valence-electron chi connectivity index (χ1n) is 11.9. The zero-order chi connectivity index (χ0) is 23.7. The highest BCUT2D eigenvalue weighted by atomic mass is 32.2. The number of ketones is 1. The third-order valence-electron chi connectivity index (χ3n) is 7.19. The number of nitrogens with two attached hydrogens (primary N) is 1. The molecule has 1 aromatic rings. The number of fused-ring (bicyclic) bond motifs is 1. The Hall–Kier alpha value is -1.97. The minimum Gasteiger partial charge on any atom is -0.441 e. The van der Waals surface area contributed by atoms with Gasteiger partial charge in [-0.05, 0) is 47.6 Å². The Morgan fingerprint density at radius 3 is 2.85 bits per heavy atom. The van der Waals surface area contributed by atoms with Gasteiger partial charge in [-0.1, -0.05) is 18.2 Å². The minimum absolute atomic E-state index is 0.0618. The molecule has 7 nitrogen and oxygen atoms in total. The average molecular weight is 503 g/mol. The van der Waals surface area contributed by atoms with Crippen LogP contribution in [0.1, 0.15) is 42.1 Å². The van der Waals surface area contributed by atoms with E-state index in [0.29, 0.717) is 31.9 Å². The van der Waals surface area contributed by atoms with Crippen molar-refractivity contribution in [1.29, 1.82) is 0 Å². The molecule has 0 bridgehead atoms. The van der Waals surface area contributed by atoms with E-state index in [0.717, 1.165) is 42.7 Å². The van der Waals surface area contributed by atoms with E-state index in [4.69, 9.17) is 15.2 Å². The predicted octanol–water partition coefficient (Wildman–Crippen LogP) is 3.21. The summed E-state index contributed by atoms with van der Waals surface area (Å²) in [5.41, 5.74) is 9.75. The van der Waals surface area contributed by atoms with Crippen LogP contribution in [-0.4, -0.2) is 71.0 Å². The Morgan fingerprint density at radius 2 is 2.12 bits per heavy atom. The van der Waals surface area contributed by atoms with E-state index >= 15 is 0 Å². The molecule has 1 aromatic carbocycles. The largest absolute Gasteiger partial charge is 0.441 e. The third kappa shape index (κ3) is 5.02. The molecule has 2 N–H and O–H groups in total. The molecule has 0 saturated carbocycles. The van der Waals surface area contributed by atoms with Gasteiger partial charge in [-0.2, -0.15) is 11.8 Å². The predicted molar refractivity (Wildman–Crippen MR) is 134 cm³/mol. The van der Waals surface area contributed by atoms with Gasteiger partial charge in [-0.3, -0.25) is 9.59 Å². The second-order valence-corrected chi connectivity index (χ2v) is 11.7. The van der Waals surface area contributed by atoms with Crippen molar-refractivity contribution in [1.82, 2.24) is 4.90 Å². The molecular formula is C25H30N2O5S2. The normalized spacial score (nSPS) is 29.0. The van der Waals surface area contributed by atoms with E-state index in [1.807, 2.05) is 16.7 Å². The van der Waals surface area contributed by atoms with Crippen molar-refractivity contribution in [3.8, 4) is 0 Å². The Balaban J connectivity index is 1.22. The van der Waals surface area contributed by atoms with Crippen LogP contribution in [0.4, 0.5) is 4.79 Å². The lowest BCUT2D eigenvalue weighted by Crippen LogP contribution is -2.40. The first-order chi connectivity index (χ1) is 16.5. The molecule has 4 aliphatic rings. The molecular weight excluding hydrogens is 472 g/mol. The fourth-order valence-electron chi connectivity index (χ4n) is 5.38. The molecule has 3 aliphatic heterocycles. The summed E-state index contributed by atoms with van der Waals surface area (Å²) in [5, 5.41) is 0.456. The van der Waals surface area contributed by atoms with Gasteiger partial charge in [-0.15, -0.1) is 11.8 Å². The number of hydrogen-bond acceptors (Lipinski definition) is 7. The van der Waals surface area contributed by atoms with E-state index in [1.54, 1.807) is 11.8 Å². The molecule has 34 heavy (non-hydrogen) atoms. The van der Waals surface area contributed by atoms with Crippen molar-refractivity contribution in [2.75, 3.05) is 37.8 Å². The Labute approximate surface area is 208 Å². The van der Waals surface area contributed by atoms with Crippen molar-refractivity contribution >= 4 is 46.9 Å². The Morgan fingerprint density at radius 1 is 1.24 bits per heavy atom. The van der Waals surface area contributed by atoms with Gasteiger partial charge >= 0.3 is 6.09 Å². The molecule has 0 radical (unpaired) electrons. The van der Waals surface area contributed by atoms with Crippen LogP contribution >= 0.6 is 23.5 Å². The van der Waals surface area contributed by atoms with Crippen molar-refractivity contribution in [2.45, 2.75) is 42.3 Å². The van der Waals surface area contributed by atoms with E-state index in [1.165, 1.54) is 11.1 Å². The number of hydrogen-bond donors (Lipinski definition) is 1. The van der Waals surface area contributed by atoms with Crippen LogP contribution in [0.3, 0.4) is 0 Å². The summed E-state index contributed by atoms with van der Waals surface area (Å²) in [5.74, 6) is 1.51. The molecule has 1 aliphatic carbocycles. The van der Waals surface area contributed by atoms with Crippen LogP contribution in [0, 0.1) is 5.92 Å². The van der Waals surface area contributed by atoms with Crippen molar-refractivity contribution in [3.63, 3.8) is 0 Å². The molecule has 4 atom stereocenters. The number of Topliss-reactive ketones (excluding diaryl/α,β-unsaturated/α-hetero) is 1. The van der Waals surface area contributed by atoms with Gasteiger partial charge in [0.05, 0.1) is 19.0 Å². The van der Waals surface area contributed by atoms with Crippen molar-refractivity contribution < 1.29 is 23.9 Å². The number of ether oxygens (including phenoxy) is 2. The number of carbonyl (C=O) groups is 3. The first-order valence-corrected chi connectivity index (χ1v) is 14.0. The smallest absolute Gasteiger partial charge is 0.405 e. The Kier molecular flexibility index (Phi) is 7.22. The fourth-order valence-corrected chi connectivity index (χ4v) is 8.28. The second kappa shape index (κ2) is 10.3. The number of aryl methyl sites for hydroxylation is 1. The number of nitrogens with zero attached hydrogens (tertiary/aromatic N) is 1. The van der Waals surface area contributed by atoms with Crippen LogP contribution < -0.4 is 5.73 Å². The van der Waals surface area contributed by atoms with Gasteiger partial charge in [0.1, 0.15) is 11.9 Å². The molecule has 9 heteroatoms. The highest BCUT2D eigenvalue weighted by molar-refractivity contribution is 8.04. The monoisotopic (exact) mass is 502 g/mol. The molecule has 2 saturated heterocycles. The maximum atomic E-state index is 13.1. The third-order valence-corrected chi connectivity index (χ3v) is 10.1. The van der Waals surface area contributed by atoms with Crippen LogP contribution in [0.25, 0.3) is 5.57 Å². The van der Waals surface area contributed by atoms with Gasteiger partial charge in [0.15, 0.2) is 0 Å². The highest BCUT2D eigenvalue weighted by Crippen LogP contribution is 2.40. The first kappa shape index (κ1) is 23.8. The second-order valence-electron chi connectivity index (χ2n) is 9.23. The number of carbonyl (C=O) groups excluding carboxylic acids is 3. The van der Waals surface area contributed by atoms with E-state index in [9.17, 15) is 14.4 Å². The number of amides is 2. The van der Waals surface area contributed by atoms with Gasteiger partial charge < -0.3 is 20.1 Å². The summed E-state index contributed by atoms with van der Waals surface area (Å²) in [6, 6.07) is 6.31. The molecule has 2 amide bonds. The molecule has 4 unspecified atom stereocenters. The Bertz CT molecular complexity index is 1010. The number of rotatable bonds is 5. The zero-order valence-electron chi connectivity index (χ0n) is 19.1. The van der Waals surface area contributed by atoms with Crippen molar-refractivity contribution in [2.24, 2.45) is 11.7 Å². The standard InChI is InChI=1S/C25H30N2O5S2/c26-25(30)32-21-4-3-16-1-2-17(11-18(16)21)15-5-7-27(8-6-15)23(29)12-19-20(28)14-34-24(19)22-13-31-9-10-33-22/h1-2,5,11,19,21-22,24H,3-4,6-10,12-14H2,(H2,26,30). The quantitative estimate of drug-likeness (QED) is 0.660. The fraction of sp³-hybridized carbons (Fsp3) is 0.560. The summed E-state index contributed by atoms with van der Waals surface area (Å²) in [6.45, 7) is 2.62. The maximum Gasteiger partial charge on any atom is 0.405 e.